The number of benzene rings is 2. The number of hydrogen-bond donors (Lipinski definition) is 0. The van der Waals surface area contributed by atoms with E-state index in [1.54, 1.807) is 24.3 Å². The lowest BCUT2D eigenvalue weighted by Crippen LogP contribution is -2.38. The third kappa shape index (κ3) is 3.98. The van der Waals surface area contributed by atoms with E-state index >= 15 is 0 Å². The Bertz CT molecular complexity index is 1310. The molecule has 2 bridgehead atoms. The van der Waals surface area contributed by atoms with E-state index in [1.165, 1.54) is 12.1 Å². The highest BCUT2D eigenvalue weighted by molar-refractivity contribution is 6.39. The summed E-state index contributed by atoms with van der Waals surface area (Å²) in [6, 6.07) is 9.54. The van der Waals surface area contributed by atoms with Gasteiger partial charge >= 0.3 is 0 Å². The van der Waals surface area contributed by atoms with Gasteiger partial charge in [0.1, 0.15) is 34.7 Å². The summed E-state index contributed by atoms with van der Waals surface area (Å²) in [4.78, 5) is 2.02. The van der Waals surface area contributed by atoms with Crippen LogP contribution in [0.4, 0.5) is 14.5 Å². The summed E-state index contributed by atoms with van der Waals surface area (Å²) in [6.07, 6.45) is 3.76. The molecule has 2 saturated carbocycles. The average molecular weight is 516 g/mol. The zero-order chi connectivity index (χ0) is 24.3. The first-order valence-electron chi connectivity index (χ1n) is 11.6. The van der Waals surface area contributed by atoms with Crippen LogP contribution in [0.2, 0.25) is 10.0 Å². The maximum absolute atomic E-state index is 14.2. The van der Waals surface area contributed by atoms with Crippen LogP contribution in [0, 0.1) is 28.9 Å². The molecule has 35 heavy (non-hydrogen) atoms. The van der Waals surface area contributed by atoms with Gasteiger partial charge in [0.05, 0.1) is 22.8 Å². The molecule has 1 aromatic heterocycles. The lowest BCUT2D eigenvalue weighted by atomic mass is 10.0. The molecule has 0 radical (unpaired) electrons. The van der Waals surface area contributed by atoms with Crippen molar-refractivity contribution < 1.29 is 18.0 Å². The summed E-state index contributed by atoms with van der Waals surface area (Å²) in [6.45, 7) is 0.975. The van der Waals surface area contributed by atoms with Crippen molar-refractivity contribution in [2.75, 3.05) is 11.4 Å². The number of piperidine rings is 1. The van der Waals surface area contributed by atoms with Crippen molar-refractivity contribution in [3.8, 4) is 17.3 Å². The van der Waals surface area contributed by atoms with Gasteiger partial charge in [-0.1, -0.05) is 34.4 Å². The molecular formula is C26H21Cl2F2N3O2. The average Bonchev–Trinajstić information content (AvgIpc) is 3.28. The lowest BCUT2D eigenvalue weighted by molar-refractivity contribution is 0.0122. The van der Waals surface area contributed by atoms with Crippen molar-refractivity contribution in [3.05, 3.63) is 68.9 Å². The summed E-state index contributed by atoms with van der Waals surface area (Å²) in [7, 11) is 0. The Balaban J connectivity index is 1.20. The minimum atomic E-state index is -0.830. The van der Waals surface area contributed by atoms with Crippen LogP contribution in [0.25, 0.3) is 11.3 Å². The Morgan fingerprint density at radius 2 is 1.86 bits per heavy atom. The van der Waals surface area contributed by atoms with Crippen molar-refractivity contribution >= 4 is 28.9 Å². The van der Waals surface area contributed by atoms with Crippen LogP contribution in [0.15, 0.2) is 34.9 Å². The summed E-state index contributed by atoms with van der Waals surface area (Å²) in [5.41, 5.74) is 2.08. The Kier molecular flexibility index (Phi) is 5.71. The molecule has 9 heteroatoms. The minimum absolute atomic E-state index is 0.0147. The number of anilines is 1. The van der Waals surface area contributed by atoms with E-state index in [-0.39, 0.29) is 18.1 Å². The monoisotopic (exact) mass is 515 g/mol. The molecule has 3 fully saturated rings. The zero-order valence-electron chi connectivity index (χ0n) is 18.6. The quantitative estimate of drug-likeness (QED) is 0.358. The van der Waals surface area contributed by atoms with Crippen molar-refractivity contribution in [2.24, 2.45) is 5.92 Å². The van der Waals surface area contributed by atoms with Gasteiger partial charge in [0.15, 0.2) is 0 Å². The highest BCUT2D eigenvalue weighted by Crippen LogP contribution is 2.47. The fourth-order valence-electron chi connectivity index (χ4n) is 5.50. The summed E-state index contributed by atoms with van der Waals surface area (Å²) >= 11 is 12.9. The van der Waals surface area contributed by atoms with Gasteiger partial charge in [0.2, 0.25) is 0 Å². The van der Waals surface area contributed by atoms with Gasteiger partial charge in [-0.2, -0.15) is 5.26 Å². The van der Waals surface area contributed by atoms with Crippen molar-refractivity contribution in [2.45, 2.75) is 50.4 Å². The van der Waals surface area contributed by atoms with Gasteiger partial charge in [0.25, 0.3) is 0 Å². The summed E-state index contributed by atoms with van der Waals surface area (Å²) in [5.74, 6) is -0.247. The van der Waals surface area contributed by atoms with Crippen LogP contribution in [0.5, 0.6) is 0 Å². The SMILES string of the molecule is N#Cc1c(F)cc(N2C[C@H]3C[C@H]2C[C@H]3OCc2c(-c3c(Cl)cccc3Cl)noc2C2CC2)cc1F. The molecule has 1 aliphatic heterocycles. The number of ether oxygens (including phenoxy) is 1. The number of rotatable bonds is 6. The first-order valence-corrected chi connectivity index (χ1v) is 12.4. The predicted molar refractivity (Wildman–Crippen MR) is 127 cm³/mol. The largest absolute Gasteiger partial charge is 0.373 e. The molecule has 3 atom stereocenters. The molecule has 2 heterocycles. The van der Waals surface area contributed by atoms with Crippen LogP contribution >= 0.6 is 23.2 Å². The molecule has 3 aliphatic rings. The predicted octanol–water partition coefficient (Wildman–Crippen LogP) is 6.86. The molecule has 5 nitrogen and oxygen atoms in total. The topological polar surface area (TPSA) is 62.3 Å². The molecular weight excluding hydrogens is 495 g/mol. The van der Waals surface area contributed by atoms with Crippen molar-refractivity contribution in [1.29, 1.82) is 5.26 Å². The van der Waals surface area contributed by atoms with Gasteiger partial charge in [-0.25, -0.2) is 8.78 Å². The molecule has 0 unspecified atom stereocenters. The smallest absolute Gasteiger partial charge is 0.146 e. The van der Waals surface area contributed by atoms with Crippen LogP contribution < -0.4 is 4.90 Å². The van der Waals surface area contributed by atoms with E-state index in [9.17, 15) is 8.78 Å². The standard InChI is InChI=1S/C26H21Cl2F2N3O2/c27-19-2-1-3-20(28)24(19)25-18(26(35-32-25)13-4-5-13)12-34-23-9-15-6-14(23)11-33(15)16-7-21(29)17(10-31)22(30)8-16/h1-3,7-8,13-15,23H,4-6,9,11-12H2/t14-,15+,23-/m1/s1. The maximum Gasteiger partial charge on any atom is 0.146 e. The van der Waals surface area contributed by atoms with E-state index in [4.69, 9.17) is 37.7 Å². The summed E-state index contributed by atoms with van der Waals surface area (Å²) in [5, 5.41) is 14.3. The van der Waals surface area contributed by atoms with Crippen molar-refractivity contribution in [1.82, 2.24) is 5.16 Å². The van der Waals surface area contributed by atoms with E-state index in [1.807, 2.05) is 4.90 Å². The number of nitriles is 1. The molecule has 3 aromatic rings. The van der Waals surface area contributed by atoms with E-state index in [0.29, 0.717) is 46.1 Å². The molecule has 1 saturated heterocycles. The van der Waals surface area contributed by atoms with Gasteiger partial charge < -0.3 is 14.2 Å². The van der Waals surface area contributed by atoms with Gasteiger partial charge in [0, 0.05) is 41.2 Å². The Hall–Kier alpha value is -2.66. The number of halogens is 4. The molecule has 0 spiro atoms. The number of fused-ring (bicyclic) bond motifs is 2. The van der Waals surface area contributed by atoms with E-state index in [0.717, 1.165) is 37.0 Å². The van der Waals surface area contributed by atoms with Gasteiger partial charge in [-0.3, -0.25) is 0 Å². The Morgan fingerprint density at radius 1 is 1.14 bits per heavy atom. The molecule has 2 aromatic carbocycles. The fraction of sp³-hybridized carbons (Fsp3) is 0.385. The molecule has 2 aliphatic carbocycles. The lowest BCUT2D eigenvalue weighted by Gasteiger charge is -2.33. The number of hydrogen-bond acceptors (Lipinski definition) is 5. The second kappa shape index (κ2) is 8.77. The first kappa shape index (κ1) is 22.8. The van der Waals surface area contributed by atoms with Gasteiger partial charge in [-0.15, -0.1) is 0 Å². The second-order valence-corrected chi connectivity index (χ2v) is 10.3. The molecule has 6 rings (SSSR count). The molecule has 0 amide bonds. The molecule has 0 N–H and O–H groups in total. The van der Waals surface area contributed by atoms with Crippen molar-refractivity contribution in [3.63, 3.8) is 0 Å². The highest BCUT2D eigenvalue weighted by Gasteiger charge is 2.46. The Labute approximate surface area is 211 Å². The zero-order valence-corrected chi connectivity index (χ0v) is 20.1. The third-order valence-electron chi connectivity index (χ3n) is 7.36. The van der Waals surface area contributed by atoms with E-state index in [2.05, 4.69) is 5.16 Å². The normalized spacial score (nSPS) is 23.2. The molecule has 180 valence electrons. The second-order valence-electron chi connectivity index (χ2n) is 9.53. The number of nitrogens with zero attached hydrogens (tertiary/aromatic N) is 3. The van der Waals surface area contributed by atoms with Crippen LogP contribution in [-0.4, -0.2) is 23.8 Å². The highest BCUT2D eigenvalue weighted by atomic mass is 35.5. The van der Waals surface area contributed by atoms with Gasteiger partial charge in [-0.05, 0) is 49.9 Å². The van der Waals surface area contributed by atoms with E-state index < -0.39 is 17.2 Å². The van der Waals surface area contributed by atoms with Crippen LogP contribution in [0.1, 0.15) is 48.5 Å². The fourth-order valence-corrected chi connectivity index (χ4v) is 6.07. The number of aromatic nitrogens is 1. The minimum Gasteiger partial charge on any atom is -0.373 e. The first-order chi connectivity index (χ1) is 16.9. The Morgan fingerprint density at radius 3 is 2.46 bits per heavy atom. The summed E-state index contributed by atoms with van der Waals surface area (Å²) < 4.78 is 40.4. The maximum atomic E-state index is 14.2. The van der Waals surface area contributed by atoms with Crippen LogP contribution in [-0.2, 0) is 11.3 Å². The third-order valence-corrected chi connectivity index (χ3v) is 7.99. The van der Waals surface area contributed by atoms with Crippen LogP contribution in [0.3, 0.4) is 0 Å².